The van der Waals surface area contributed by atoms with Crippen LogP contribution >= 0.6 is 11.6 Å². The zero-order valence-corrected chi connectivity index (χ0v) is 17.4. The summed E-state index contributed by atoms with van der Waals surface area (Å²) in [6.45, 7) is 1.74. The van der Waals surface area contributed by atoms with Gasteiger partial charge in [-0.25, -0.2) is 13.6 Å². The second kappa shape index (κ2) is 9.60. The molecular formula is C21H19ClF2N4O4. The molecule has 2 atom stereocenters. The number of halogens is 3. The van der Waals surface area contributed by atoms with Gasteiger partial charge in [-0.1, -0.05) is 22.8 Å². The average molecular weight is 465 g/mol. The van der Waals surface area contributed by atoms with Crippen molar-refractivity contribution in [3.8, 4) is 11.4 Å². The number of rotatable bonds is 5. The number of hydrogen-bond donors (Lipinski definition) is 3. The zero-order chi connectivity index (χ0) is 22.7. The van der Waals surface area contributed by atoms with Crippen LogP contribution < -0.4 is 16.4 Å². The summed E-state index contributed by atoms with van der Waals surface area (Å²) in [5.74, 6) is -2.75. The lowest BCUT2D eigenvalue weighted by Crippen LogP contribution is -2.36. The molecule has 1 aromatic heterocycles. The normalized spacial score (nSPS) is 18.8. The van der Waals surface area contributed by atoms with E-state index in [-0.39, 0.29) is 34.4 Å². The highest BCUT2D eigenvalue weighted by Crippen LogP contribution is 2.29. The number of hydrogen-bond acceptors (Lipinski definition) is 6. The molecule has 0 spiro atoms. The number of ether oxygens (including phenoxy) is 1. The molecule has 1 fully saturated rings. The molecule has 0 radical (unpaired) electrons. The van der Waals surface area contributed by atoms with E-state index < -0.39 is 29.4 Å². The molecule has 0 saturated carbocycles. The summed E-state index contributed by atoms with van der Waals surface area (Å²) >= 11 is 5.78. The molecule has 11 heteroatoms. The molecule has 8 nitrogen and oxygen atoms in total. The number of carbonyl (C=O) groups is 1. The van der Waals surface area contributed by atoms with Crippen molar-refractivity contribution in [2.24, 2.45) is 5.92 Å². The summed E-state index contributed by atoms with van der Waals surface area (Å²) in [4.78, 5) is 26.2. The van der Waals surface area contributed by atoms with Crippen LogP contribution in [0.5, 0.6) is 0 Å². The maximum Gasteiger partial charge on any atom is 0.439 e. The lowest BCUT2D eigenvalue weighted by molar-refractivity contribution is 0.0304. The highest BCUT2D eigenvalue weighted by molar-refractivity contribution is 6.30. The van der Waals surface area contributed by atoms with Gasteiger partial charge in [-0.15, -0.1) is 0 Å². The third-order valence-electron chi connectivity index (χ3n) is 5.08. The van der Waals surface area contributed by atoms with Crippen LogP contribution in [0.3, 0.4) is 0 Å². The summed E-state index contributed by atoms with van der Waals surface area (Å²) in [6, 6.07) is 8.06. The third-order valence-corrected chi connectivity index (χ3v) is 5.39. The molecule has 3 N–H and O–H groups in total. The van der Waals surface area contributed by atoms with Crippen molar-refractivity contribution in [2.75, 3.05) is 26.2 Å². The van der Waals surface area contributed by atoms with Gasteiger partial charge in [0.2, 0.25) is 0 Å². The molecule has 2 aromatic carbocycles. The fourth-order valence-corrected chi connectivity index (χ4v) is 3.68. The molecule has 1 aliphatic heterocycles. The van der Waals surface area contributed by atoms with E-state index in [1.165, 1.54) is 18.2 Å². The molecule has 1 amide bonds. The van der Waals surface area contributed by atoms with Crippen LogP contribution in [0.25, 0.3) is 11.4 Å². The molecule has 1 aliphatic rings. The van der Waals surface area contributed by atoms with Gasteiger partial charge >= 0.3 is 5.76 Å². The maximum absolute atomic E-state index is 14.1. The van der Waals surface area contributed by atoms with E-state index in [2.05, 4.69) is 25.3 Å². The van der Waals surface area contributed by atoms with Crippen LogP contribution in [-0.2, 0) is 4.74 Å². The number of aromatic amines is 1. The van der Waals surface area contributed by atoms with E-state index in [1.54, 1.807) is 6.07 Å². The van der Waals surface area contributed by atoms with E-state index in [4.69, 9.17) is 16.3 Å². The molecule has 3 aromatic rings. The first-order chi connectivity index (χ1) is 15.4. The van der Waals surface area contributed by atoms with Gasteiger partial charge in [0.15, 0.2) is 5.82 Å². The number of benzene rings is 2. The summed E-state index contributed by atoms with van der Waals surface area (Å²) < 4.78 is 38.4. The smallest absolute Gasteiger partial charge is 0.372 e. The van der Waals surface area contributed by atoms with E-state index in [0.717, 1.165) is 12.1 Å². The largest absolute Gasteiger partial charge is 0.439 e. The number of nitrogens with one attached hydrogen (secondary N) is 3. The minimum atomic E-state index is -0.791. The van der Waals surface area contributed by atoms with Crippen LogP contribution in [-0.4, -0.2) is 42.3 Å². The predicted octanol–water partition coefficient (Wildman–Crippen LogP) is 2.67. The molecule has 0 aliphatic carbocycles. The van der Waals surface area contributed by atoms with Gasteiger partial charge in [-0.2, -0.15) is 0 Å². The van der Waals surface area contributed by atoms with Crippen molar-refractivity contribution < 1.29 is 22.8 Å². The van der Waals surface area contributed by atoms with Gasteiger partial charge in [0.1, 0.15) is 11.6 Å². The third kappa shape index (κ3) is 5.04. The number of nitrogens with zero attached hydrogens (tertiary/aromatic N) is 1. The Morgan fingerprint density at radius 3 is 2.84 bits per heavy atom. The Kier molecular flexibility index (Phi) is 6.63. The van der Waals surface area contributed by atoms with Gasteiger partial charge < -0.3 is 15.4 Å². The molecule has 1 saturated heterocycles. The van der Waals surface area contributed by atoms with Gasteiger partial charge in [-0.3, -0.25) is 14.3 Å². The van der Waals surface area contributed by atoms with Gasteiger partial charge in [0.05, 0.1) is 17.7 Å². The van der Waals surface area contributed by atoms with Crippen molar-refractivity contribution in [1.82, 2.24) is 20.8 Å². The van der Waals surface area contributed by atoms with Crippen molar-refractivity contribution in [3.05, 3.63) is 74.7 Å². The monoisotopic (exact) mass is 464 g/mol. The molecule has 168 valence electrons. The zero-order valence-electron chi connectivity index (χ0n) is 16.7. The van der Waals surface area contributed by atoms with Crippen LogP contribution in [0.2, 0.25) is 5.02 Å². The molecule has 0 bridgehead atoms. The van der Waals surface area contributed by atoms with Crippen LogP contribution in [0, 0.1) is 17.6 Å². The minimum absolute atomic E-state index is 0.00903. The highest BCUT2D eigenvalue weighted by atomic mass is 35.5. The van der Waals surface area contributed by atoms with Gasteiger partial charge in [-0.05, 0) is 35.9 Å². The van der Waals surface area contributed by atoms with Crippen molar-refractivity contribution >= 4 is 17.5 Å². The SMILES string of the molecule is O=C(NCC1CNCCOC1c1ccc(Cl)c(F)c1)c1cc(F)cc(-c2noc(=O)[nH]2)c1. The van der Waals surface area contributed by atoms with Gasteiger partial charge in [0, 0.05) is 36.7 Å². The Balaban J connectivity index is 1.51. The first-order valence-corrected chi connectivity index (χ1v) is 10.2. The Morgan fingerprint density at radius 1 is 1.25 bits per heavy atom. The number of H-pyrrole nitrogens is 1. The maximum atomic E-state index is 14.1. The summed E-state index contributed by atoms with van der Waals surface area (Å²) in [5.41, 5.74) is 0.841. The van der Waals surface area contributed by atoms with E-state index in [9.17, 15) is 18.4 Å². The Labute approximate surface area is 185 Å². The summed E-state index contributed by atoms with van der Waals surface area (Å²) in [7, 11) is 0. The Hall–Kier alpha value is -3.08. The van der Waals surface area contributed by atoms with Crippen molar-refractivity contribution in [3.63, 3.8) is 0 Å². The van der Waals surface area contributed by atoms with E-state index >= 15 is 0 Å². The second-order valence-electron chi connectivity index (χ2n) is 7.31. The Morgan fingerprint density at radius 2 is 2.09 bits per heavy atom. The molecule has 32 heavy (non-hydrogen) atoms. The van der Waals surface area contributed by atoms with Crippen LogP contribution in [0.4, 0.5) is 8.78 Å². The van der Waals surface area contributed by atoms with Gasteiger partial charge in [0.25, 0.3) is 5.91 Å². The second-order valence-corrected chi connectivity index (χ2v) is 7.72. The number of carbonyl (C=O) groups excluding carboxylic acids is 1. The highest BCUT2D eigenvalue weighted by Gasteiger charge is 2.27. The van der Waals surface area contributed by atoms with Crippen molar-refractivity contribution in [2.45, 2.75) is 6.10 Å². The molecule has 2 heterocycles. The van der Waals surface area contributed by atoms with E-state index in [0.29, 0.717) is 25.3 Å². The average Bonchev–Trinajstić information content (AvgIpc) is 3.07. The fourth-order valence-electron chi connectivity index (χ4n) is 3.56. The molecule has 2 unspecified atom stereocenters. The number of aromatic nitrogens is 2. The number of amides is 1. The minimum Gasteiger partial charge on any atom is -0.372 e. The van der Waals surface area contributed by atoms with E-state index in [1.807, 2.05) is 0 Å². The Bertz CT molecular complexity index is 1180. The first-order valence-electron chi connectivity index (χ1n) is 9.83. The van der Waals surface area contributed by atoms with Crippen LogP contribution in [0.15, 0.2) is 45.7 Å². The molecule has 4 rings (SSSR count). The summed E-state index contributed by atoms with van der Waals surface area (Å²) in [6.07, 6.45) is -0.472. The van der Waals surface area contributed by atoms with Crippen molar-refractivity contribution in [1.29, 1.82) is 0 Å². The standard InChI is InChI=1S/C21H19ClF2N4O4/c22-16-2-1-11(8-17(16)24)18-14(9-25-3-4-31-18)10-26-20(29)13-5-12(6-15(23)7-13)19-27-21(30)32-28-19/h1-2,5-8,14,18,25H,3-4,9-10H2,(H,26,29)(H,27,28,30). The topological polar surface area (TPSA) is 109 Å². The quantitative estimate of drug-likeness (QED) is 0.535. The lowest BCUT2D eigenvalue weighted by atomic mass is 9.95. The fraction of sp³-hybridized carbons (Fsp3) is 0.286. The lowest BCUT2D eigenvalue weighted by Gasteiger charge is -2.25. The molecular weight excluding hydrogens is 446 g/mol. The van der Waals surface area contributed by atoms with Crippen LogP contribution in [0.1, 0.15) is 22.0 Å². The predicted molar refractivity (Wildman–Crippen MR) is 111 cm³/mol. The first kappa shape index (κ1) is 22.1. The summed E-state index contributed by atoms with van der Waals surface area (Å²) in [5, 5.41) is 9.51.